The second-order valence-electron chi connectivity index (χ2n) is 14.1. The van der Waals surface area contributed by atoms with E-state index >= 15 is 0 Å². The van der Waals surface area contributed by atoms with Gasteiger partial charge in [0.15, 0.2) is 0 Å². The summed E-state index contributed by atoms with van der Waals surface area (Å²) in [6.45, 7) is 3.26. The van der Waals surface area contributed by atoms with Crippen LogP contribution in [0.15, 0.2) is 12.2 Å². The number of aliphatic hydroxyl groups is 1. The molecule has 0 bridgehead atoms. The van der Waals surface area contributed by atoms with Gasteiger partial charge in [-0.05, 0) is 44.9 Å². The number of rotatable bonds is 39. The molecule has 0 unspecified atom stereocenters. The van der Waals surface area contributed by atoms with Gasteiger partial charge in [-0.2, -0.15) is 0 Å². The van der Waals surface area contributed by atoms with Crippen LogP contribution in [-0.4, -0.2) is 24.3 Å². The number of esters is 1. The molecular formula is C42H82O3. The lowest BCUT2D eigenvalue weighted by Crippen LogP contribution is -2.05. The Balaban J connectivity index is 3.16. The van der Waals surface area contributed by atoms with Crippen molar-refractivity contribution in [2.75, 3.05) is 13.2 Å². The van der Waals surface area contributed by atoms with E-state index in [1.807, 2.05) is 0 Å². The Morgan fingerprint density at radius 2 is 0.733 bits per heavy atom. The lowest BCUT2D eigenvalue weighted by molar-refractivity contribution is -0.143. The molecule has 0 aliphatic rings. The highest BCUT2D eigenvalue weighted by Crippen LogP contribution is 2.16. The molecule has 0 aliphatic heterocycles. The number of ether oxygens (including phenoxy) is 1. The summed E-state index contributed by atoms with van der Waals surface area (Å²) >= 11 is 0. The van der Waals surface area contributed by atoms with Crippen LogP contribution in [0.1, 0.15) is 238 Å². The van der Waals surface area contributed by atoms with Crippen LogP contribution in [0.3, 0.4) is 0 Å². The molecule has 0 saturated heterocycles. The van der Waals surface area contributed by atoms with E-state index in [4.69, 9.17) is 9.84 Å². The molecule has 0 rings (SSSR count). The maximum Gasteiger partial charge on any atom is 0.305 e. The molecule has 0 atom stereocenters. The van der Waals surface area contributed by atoms with E-state index in [2.05, 4.69) is 19.1 Å². The predicted molar refractivity (Wildman–Crippen MR) is 199 cm³/mol. The average Bonchev–Trinajstić information content (AvgIpc) is 3.05. The normalized spacial score (nSPS) is 11.6. The van der Waals surface area contributed by atoms with Crippen molar-refractivity contribution in [3.8, 4) is 0 Å². The second-order valence-corrected chi connectivity index (χ2v) is 14.1. The molecule has 0 aromatic heterocycles. The van der Waals surface area contributed by atoms with Gasteiger partial charge in [-0.15, -0.1) is 0 Å². The van der Waals surface area contributed by atoms with Gasteiger partial charge >= 0.3 is 5.97 Å². The minimum Gasteiger partial charge on any atom is -0.466 e. The fourth-order valence-corrected chi connectivity index (χ4v) is 6.35. The largest absolute Gasteiger partial charge is 0.466 e. The fraction of sp³-hybridized carbons (Fsp3) is 0.929. The summed E-state index contributed by atoms with van der Waals surface area (Å²) in [4.78, 5) is 12.0. The smallest absolute Gasteiger partial charge is 0.305 e. The average molecular weight is 635 g/mol. The molecule has 0 saturated carbocycles. The number of unbranched alkanes of at least 4 members (excludes halogenated alkanes) is 32. The summed E-state index contributed by atoms with van der Waals surface area (Å²) in [6.07, 6.45) is 51.7. The minimum absolute atomic E-state index is 0.0197. The molecule has 0 amide bonds. The lowest BCUT2D eigenvalue weighted by Gasteiger charge is -2.06. The van der Waals surface area contributed by atoms with Crippen molar-refractivity contribution in [1.29, 1.82) is 0 Å². The summed E-state index contributed by atoms with van der Waals surface area (Å²) < 4.78 is 5.46. The van der Waals surface area contributed by atoms with Crippen molar-refractivity contribution in [1.82, 2.24) is 0 Å². The number of carbonyl (C=O) groups is 1. The number of carbonyl (C=O) groups excluding carboxylic acids is 1. The number of allylic oxidation sites excluding steroid dienone is 2. The lowest BCUT2D eigenvalue weighted by atomic mass is 10.0. The summed E-state index contributed by atoms with van der Waals surface area (Å²) in [5, 5.41) is 8.79. The molecule has 0 radical (unpaired) electrons. The molecule has 0 fully saturated rings. The van der Waals surface area contributed by atoms with Gasteiger partial charge in [-0.1, -0.05) is 199 Å². The summed E-state index contributed by atoms with van der Waals surface area (Å²) in [7, 11) is 0. The zero-order valence-corrected chi connectivity index (χ0v) is 30.8. The van der Waals surface area contributed by atoms with Gasteiger partial charge in [0, 0.05) is 13.0 Å². The van der Waals surface area contributed by atoms with E-state index in [0.717, 1.165) is 19.3 Å². The highest BCUT2D eigenvalue weighted by atomic mass is 16.5. The Kier molecular flexibility index (Phi) is 40.4. The van der Waals surface area contributed by atoms with Crippen molar-refractivity contribution in [2.24, 2.45) is 0 Å². The molecule has 0 aromatic carbocycles. The van der Waals surface area contributed by atoms with Crippen LogP contribution in [0.5, 0.6) is 0 Å². The molecule has 0 spiro atoms. The van der Waals surface area contributed by atoms with E-state index < -0.39 is 0 Å². The Morgan fingerprint density at radius 1 is 0.422 bits per heavy atom. The molecule has 268 valence electrons. The fourth-order valence-electron chi connectivity index (χ4n) is 6.35. The van der Waals surface area contributed by atoms with Crippen LogP contribution < -0.4 is 0 Å². The van der Waals surface area contributed by atoms with Gasteiger partial charge < -0.3 is 9.84 Å². The zero-order valence-electron chi connectivity index (χ0n) is 30.8. The molecule has 1 N–H and O–H groups in total. The monoisotopic (exact) mass is 635 g/mol. The number of hydrogen-bond acceptors (Lipinski definition) is 3. The van der Waals surface area contributed by atoms with Gasteiger partial charge in [-0.3, -0.25) is 4.79 Å². The Morgan fingerprint density at radius 3 is 1.11 bits per heavy atom. The molecule has 45 heavy (non-hydrogen) atoms. The topological polar surface area (TPSA) is 46.5 Å². The summed E-state index contributed by atoms with van der Waals surface area (Å²) in [5.74, 6) is 0.0197. The van der Waals surface area contributed by atoms with Crippen LogP contribution in [0.2, 0.25) is 0 Å². The first-order chi connectivity index (χ1) is 22.3. The highest BCUT2D eigenvalue weighted by Gasteiger charge is 2.03. The van der Waals surface area contributed by atoms with Gasteiger partial charge in [0.1, 0.15) is 0 Å². The summed E-state index contributed by atoms with van der Waals surface area (Å²) in [5.41, 5.74) is 0. The van der Waals surface area contributed by atoms with Gasteiger partial charge in [0.05, 0.1) is 6.61 Å². The maximum absolute atomic E-state index is 12.0. The highest BCUT2D eigenvalue weighted by molar-refractivity contribution is 5.69. The molecule has 3 nitrogen and oxygen atoms in total. The predicted octanol–water partition coefficient (Wildman–Crippen LogP) is 14.1. The van der Waals surface area contributed by atoms with E-state index in [-0.39, 0.29) is 5.97 Å². The third-order valence-corrected chi connectivity index (χ3v) is 9.46. The van der Waals surface area contributed by atoms with Crippen LogP contribution in [0, 0.1) is 0 Å². The first-order valence-corrected chi connectivity index (χ1v) is 20.7. The number of aliphatic hydroxyl groups excluding tert-OH is 1. The van der Waals surface area contributed by atoms with Crippen molar-refractivity contribution in [3.63, 3.8) is 0 Å². The first-order valence-electron chi connectivity index (χ1n) is 20.7. The third kappa shape index (κ3) is 41.1. The van der Waals surface area contributed by atoms with Crippen LogP contribution in [-0.2, 0) is 9.53 Å². The molecule has 3 heteroatoms. The maximum atomic E-state index is 12.0. The standard InChI is InChI=1S/C42H82O3/c1-2-3-4-5-6-7-8-9-10-15-18-21-24-27-30-33-36-39-42(44)45-41-38-35-32-29-26-23-20-17-14-12-11-13-16-19-22-25-28-31-34-37-40-43/h7-8,43H,2-6,9-41H2,1H3. The molecule has 0 aliphatic carbocycles. The third-order valence-electron chi connectivity index (χ3n) is 9.46. The van der Waals surface area contributed by atoms with E-state index in [9.17, 15) is 4.79 Å². The quantitative estimate of drug-likeness (QED) is 0.0416. The van der Waals surface area contributed by atoms with Gasteiger partial charge in [0.2, 0.25) is 0 Å². The zero-order chi connectivity index (χ0) is 32.6. The van der Waals surface area contributed by atoms with E-state index in [0.29, 0.717) is 19.6 Å². The molecule has 0 heterocycles. The number of hydrogen-bond donors (Lipinski definition) is 1. The van der Waals surface area contributed by atoms with E-state index in [1.165, 1.54) is 205 Å². The SMILES string of the molecule is CCCCCCC=CCCCCCCCCCCCC(=O)OCCCCCCCCCCCCCCCCCCCCCCO. The Labute approximate surface area is 283 Å². The van der Waals surface area contributed by atoms with Crippen LogP contribution >= 0.6 is 0 Å². The van der Waals surface area contributed by atoms with Crippen molar-refractivity contribution in [3.05, 3.63) is 12.2 Å². The minimum atomic E-state index is 0.0197. The molecular weight excluding hydrogens is 552 g/mol. The van der Waals surface area contributed by atoms with Gasteiger partial charge in [0.25, 0.3) is 0 Å². The van der Waals surface area contributed by atoms with Crippen LogP contribution in [0.4, 0.5) is 0 Å². The van der Waals surface area contributed by atoms with Crippen molar-refractivity contribution < 1.29 is 14.6 Å². The second kappa shape index (κ2) is 41.2. The summed E-state index contributed by atoms with van der Waals surface area (Å²) in [6, 6.07) is 0. The van der Waals surface area contributed by atoms with Crippen LogP contribution in [0.25, 0.3) is 0 Å². The molecule has 0 aromatic rings. The Hall–Kier alpha value is -0.830. The van der Waals surface area contributed by atoms with Crippen molar-refractivity contribution in [2.45, 2.75) is 238 Å². The van der Waals surface area contributed by atoms with Gasteiger partial charge in [-0.25, -0.2) is 0 Å². The Bertz CT molecular complexity index is 572. The van der Waals surface area contributed by atoms with E-state index in [1.54, 1.807) is 0 Å². The van der Waals surface area contributed by atoms with Crippen molar-refractivity contribution >= 4 is 5.97 Å². The first kappa shape index (κ1) is 44.2.